The monoisotopic (exact) mass is 298 g/mol. The number of hydrogen-bond acceptors (Lipinski definition) is 3. The first-order valence-corrected chi connectivity index (χ1v) is 6.27. The Bertz CT molecular complexity index is 1120. The molecule has 112 valence electrons. The third-order valence-corrected chi connectivity index (χ3v) is 2.80. The second kappa shape index (κ2) is 5.77. The Morgan fingerprint density at radius 1 is 1.62 bits per heavy atom. The van der Waals surface area contributed by atoms with Crippen molar-refractivity contribution in [2.24, 2.45) is 0 Å². The van der Waals surface area contributed by atoms with E-state index in [1.807, 2.05) is 0 Å². The molecule has 1 fully saturated rings. The van der Waals surface area contributed by atoms with Gasteiger partial charge in [-0.15, -0.1) is 0 Å². The molecule has 0 spiro atoms. The molecule has 1 aliphatic heterocycles. The summed E-state index contributed by atoms with van der Waals surface area (Å²) in [5, 5.41) is -0.294. The van der Waals surface area contributed by atoms with Gasteiger partial charge in [0.1, 0.15) is 6.61 Å². The number of amides is 1. The largest absolute Gasteiger partial charge is 0.447 e. The van der Waals surface area contributed by atoms with Crippen LogP contribution in [0.2, 0.25) is 2.82 Å². The molecule has 1 aliphatic rings. The van der Waals surface area contributed by atoms with Crippen LogP contribution in [0.5, 0.6) is 0 Å². The van der Waals surface area contributed by atoms with Gasteiger partial charge in [0, 0.05) is 29.1 Å². The van der Waals surface area contributed by atoms with E-state index in [4.69, 9.17) is 15.2 Å². The number of nitrogens with zero attached hydrogens (tertiary/aromatic N) is 1. The van der Waals surface area contributed by atoms with Gasteiger partial charge in [0.25, 0.3) is 0 Å². The molecule has 1 atom stereocenters. The van der Waals surface area contributed by atoms with E-state index in [1.54, 1.807) is 0 Å². The van der Waals surface area contributed by atoms with Crippen molar-refractivity contribution in [3.63, 3.8) is 0 Å². The second-order valence-electron chi connectivity index (χ2n) is 4.64. The average molecular weight is 298 g/mol. The number of cyclic esters (lactones) is 1. The smallest absolute Gasteiger partial charge is 0.407 e. The number of carbonyl (C=O) groups is 1. The minimum atomic E-state index is -3.02. The first kappa shape index (κ1) is 6.01. The quantitative estimate of drug-likeness (QED) is 0.887. The van der Waals surface area contributed by atoms with Gasteiger partial charge in [0.2, 0.25) is 0 Å². The minimum Gasteiger partial charge on any atom is -0.447 e. The first-order chi connectivity index (χ1) is 14.5. The van der Waals surface area contributed by atoms with Gasteiger partial charge in [-0.25, -0.2) is 4.79 Å². The highest BCUT2D eigenvalue weighted by atomic mass is 16.6. The highest BCUT2D eigenvalue weighted by Gasteiger charge is 2.22. The van der Waals surface area contributed by atoms with E-state index >= 15 is 0 Å². The average Bonchev–Trinajstić information content (AvgIpc) is 3.09. The fourth-order valence-electron chi connectivity index (χ4n) is 1.82. The van der Waals surface area contributed by atoms with Gasteiger partial charge in [-0.3, -0.25) is 0 Å². The Hall–Kier alpha value is -2.01. The van der Waals surface area contributed by atoms with Gasteiger partial charge in [-0.05, 0) is 50.1 Å². The maximum absolute atomic E-state index is 11.6. The molecule has 0 aliphatic carbocycles. The summed E-state index contributed by atoms with van der Waals surface area (Å²) in [6.45, 7) is -2.87. The lowest BCUT2D eigenvalue weighted by Gasteiger charge is -2.09. The number of likely N-dealkylation sites (N-methyl/N-ethyl adjacent to an activating group) is 1. The van der Waals surface area contributed by atoms with E-state index in [9.17, 15) is 4.79 Å². The summed E-state index contributed by atoms with van der Waals surface area (Å²) in [6.07, 6.45) is -5.29. The van der Waals surface area contributed by atoms with Crippen molar-refractivity contribution in [2.75, 3.05) is 27.2 Å². The Morgan fingerprint density at radius 2 is 2.48 bits per heavy atom. The topological polar surface area (TPSA) is 57.4 Å². The maximum atomic E-state index is 11.6. The molecule has 2 heterocycles. The number of carbonyl (C=O) groups excluding carboxylic acids is 1. The van der Waals surface area contributed by atoms with Crippen molar-refractivity contribution < 1.29 is 24.7 Å². The van der Waals surface area contributed by atoms with E-state index in [0.29, 0.717) is 4.98 Å². The number of fused-ring (bicyclic) bond motifs is 1. The number of nitrogens with one attached hydrogen (secondary N) is 2. The molecule has 0 bridgehead atoms. The van der Waals surface area contributed by atoms with Crippen molar-refractivity contribution in [1.82, 2.24) is 15.2 Å². The number of aromatic nitrogens is 1. The highest BCUT2D eigenvalue weighted by Crippen LogP contribution is 2.21. The van der Waals surface area contributed by atoms with Crippen LogP contribution in [0, 0.1) is 0 Å². The zero-order chi connectivity index (χ0) is 24.5. The van der Waals surface area contributed by atoms with E-state index in [0.717, 1.165) is 0 Å². The second-order valence-corrected chi connectivity index (χ2v) is 4.64. The number of benzene rings is 1. The van der Waals surface area contributed by atoms with Gasteiger partial charge in [0.15, 0.2) is 2.82 Å². The maximum Gasteiger partial charge on any atom is 0.407 e. The molecular weight excluding hydrogens is 266 g/mol. The molecule has 3 rings (SSSR count). The predicted octanol–water partition coefficient (Wildman–Crippen LogP) is 1.92. The summed E-state index contributed by atoms with van der Waals surface area (Å²) >= 11 is 0. The summed E-state index contributed by atoms with van der Waals surface area (Å²) in [5.74, 6) is 0. The summed E-state index contributed by atoms with van der Waals surface area (Å²) in [5.41, 5.74) is -1.25. The van der Waals surface area contributed by atoms with Gasteiger partial charge in [-0.1, -0.05) is 6.04 Å². The molecule has 1 aromatic carbocycles. The van der Waals surface area contributed by atoms with Crippen molar-refractivity contribution in [2.45, 2.75) is 18.8 Å². The molecule has 0 saturated carbocycles. The van der Waals surface area contributed by atoms with E-state index in [1.165, 1.54) is 19.0 Å². The molecule has 21 heavy (non-hydrogen) atoms. The summed E-state index contributed by atoms with van der Waals surface area (Å²) in [4.78, 5) is 13.4. The molecule has 5 nitrogen and oxygen atoms in total. The molecule has 0 radical (unpaired) electrons. The lowest BCUT2D eigenvalue weighted by molar-refractivity contribution is 0.177. The van der Waals surface area contributed by atoms with Gasteiger partial charge >= 0.3 is 6.09 Å². The lowest BCUT2D eigenvalue weighted by atomic mass is 10.0. The van der Waals surface area contributed by atoms with Gasteiger partial charge < -0.3 is 19.9 Å². The number of rotatable bonds is 5. The SMILES string of the molecule is [2H]c1c(C([2H])([2H])[C@@]2([2H])COC(=O)N2[2H])c([2H])c2c(CC([2H])([2H])N(C)C)c([2H])n([2H])c2c1[2H]. The lowest BCUT2D eigenvalue weighted by Crippen LogP contribution is -2.28. The third kappa shape index (κ3) is 3.19. The number of ether oxygens (including phenoxy) is 1. The fraction of sp³-hybridized carbons (Fsp3) is 0.438. The molecule has 1 saturated heterocycles. The zero-order valence-electron chi connectivity index (χ0n) is 22.6. The number of aryl methyl sites for hydroxylation is 1. The standard InChI is InChI=1S/C16H21N3O2/c1-19(2)6-5-12-9-17-15-4-3-11(8-14(12)15)7-13-10-21-16(20)18-13/h3-4,8-9,13,17H,5-7,10H2,1-2H3,(H,18,20)/t13-/m0/s1/i3D,4D,6D2,7D2,8D,9D,13D/hD2. The van der Waals surface area contributed by atoms with Crippen LogP contribution in [0.25, 0.3) is 10.9 Å². The normalized spacial score (nSPS) is 31.1. The number of hydrogen-bond donors (Lipinski definition) is 2. The third-order valence-electron chi connectivity index (χ3n) is 2.80. The van der Waals surface area contributed by atoms with Crippen LogP contribution >= 0.6 is 0 Å². The van der Waals surface area contributed by atoms with Gasteiger partial charge in [0.05, 0.1) is 12.9 Å². The molecule has 2 N–H and O–H groups in total. The van der Waals surface area contributed by atoms with Crippen LogP contribution in [0.15, 0.2) is 24.3 Å². The number of alkyl carbamates (subject to hydrolysis) is 1. The number of aromatic amines is 1. The summed E-state index contributed by atoms with van der Waals surface area (Å²) in [6, 6.07) is -4.91. The van der Waals surface area contributed by atoms with Crippen LogP contribution in [0.4, 0.5) is 4.79 Å². The molecule has 1 amide bonds. The van der Waals surface area contributed by atoms with Crippen molar-refractivity contribution >= 4 is 17.0 Å². The molecule has 1 aromatic heterocycles. The van der Waals surface area contributed by atoms with E-state index in [-0.39, 0.29) is 21.8 Å². The Kier molecular flexibility index (Phi) is 1.65. The Morgan fingerprint density at radius 3 is 3.19 bits per heavy atom. The highest BCUT2D eigenvalue weighted by molar-refractivity contribution is 5.84. The fourth-order valence-corrected chi connectivity index (χ4v) is 1.82. The van der Waals surface area contributed by atoms with Crippen LogP contribution in [-0.2, 0) is 17.5 Å². The van der Waals surface area contributed by atoms with Crippen LogP contribution in [-0.4, -0.2) is 49.2 Å². The van der Waals surface area contributed by atoms with Crippen molar-refractivity contribution in [3.05, 3.63) is 35.4 Å². The Labute approximate surface area is 139 Å². The minimum absolute atomic E-state index is 0.0309. The Balaban J connectivity index is 2.38. The van der Waals surface area contributed by atoms with Crippen LogP contribution < -0.4 is 5.31 Å². The van der Waals surface area contributed by atoms with E-state index in [2.05, 4.69) is 4.74 Å². The van der Waals surface area contributed by atoms with Crippen molar-refractivity contribution in [1.29, 1.82) is 0 Å². The molecule has 5 heteroatoms. The zero-order valence-corrected chi connectivity index (χ0v) is 11.6. The first-order valence-electron chi connectivity index (χ1n) is 11.7. The molecule has 0 unspecified atom stereocenters. The summed E-state index contributed by atoms with van der Waals surface area (Å²) in [7, 11) is 2.91. The van der Waals surface area contributed by atoms with Crippen molar-refractivity contribution in [3.8, 4) is 0 Å². The number of H-pyrrole nitrogens is 1. The van der Waals surface area contributed by atoms with E-state index < -0.39 is 67.9 Å². The van der Waals surface area contributed by atoms with Gasteiger partial charge in [-0.2, -0.15) is 0 Å². The summed E-state index contributed by atoms with van der Waals surface area (Å²) < 4.78 is 95.6. The van der Waals surface area contributed by atoms with Crippen LogP contribution in [0.3, 0.4) is 0 Å². The molecular formula is C16H21N3O2. The predicted molar refractivity (Wildman–Crippen MR) is 82.5 cm³/mol. The molecule has 2 aromatic rings. The van der Waals surface area contributed by atoms with Crippen LogP contribution in [0.1, 0.15) is 23.5 Å².